The lowest BCUT2D eigenvalue weighted by Gasteiger charge is -2.45. The van der Waals surface area contributed by atoms with Gasteiger partial charge < -0.3 is 4.55 Å². The molecule has 0 saturated carbocycles. The third kappa shape index (κ3) is 4.12. The Morgan fingerprint density at radius 2 is 1.82 bits per heavy atom. The van der Waals surface area contributed by atoms with Crippen LogP contribution in [0.25, 0.3) is 20.2 Å². The van der Waals surface area contributed by atoms with Gasteiger partial charge in [-0.05, 0) is 83.0 Å². The summed E-state index contributed by atoms with van der Waals surface area (Å²) in [5, 5.41) is 11.6. The summed E-state index contributed by atoms with van der Waals surface area (Å²) in [5.41, 5.74) is 1.77. The highest BCUT2D eigenvalue weighted by atomic mass is 32.2. The number of rotatable bonds is 5. The second-order valence-corrected chi connectivity index (χ2v) is 15.9. The molecular weight excluding hydrogens is 484 g/mol. The highest BCUT2D eigenvalue weighted by Gasteiger charge is 2.53. The fourth-order valence-electron chi connectivity index (χ4n) is 4.15. The van der Waals surface area contributed by atoms with Crippen LogP contribution in [0, 0.1) is 23.2 Å². The molecule has 0 amide bonds. The van der Waals surface area contributed by atoms with Crippen LogP contribution in [0.4, 0.5) is 0 Å². The predicted molar refractivity (Wildman–Crippen MR) is 142 cm³/mol. The Bertz CT molecular complexity index is 1510. The quantitative estimate of drug-likeness (QED) is 0.386. The largest absolute Gasteiger partial charge is 0.598 e. The van der Waals surface area contributed by atoms with Gasteiger partial charge in [0.05, 0.1) is 11.8 Å². The van der Waals surface area contributed by atoms with E-state index >= 15 is 0 Å². The van der Waals surface area contributed by atoms with E-state index in [1.165, 1.54) is 13.8 Å². The summed E-state index contributed by atoms with van der Waals surface area (Å²) < 4.78 is 43.1. The molecule has 1 unspecified atom stereocenters. The van der Waals surface area contributed by atoms with E-state index in [2.05, 4.69) is 34.8 Å². The average Bonchev–Trinajstić information content (AvgIpc) is 3.08. The lowest BCUT2D eigenvalue weighted by Crippen LogP contribution is -2.61. The minimum atomic E-state index is -3.83. The first-order valence-electron chi connectivity index (χ1n) is 11.0. The van der Waals surface area contributed by atoms with Crippen molar-refractivity contribution in [1.29, 1.82) is 5.26 Å². The zero-order valence-corrected chi connectivity index (χ0v) is 22.6. The summed E-state index contributed by atoms with van der Waals surface area (Å²) in [6.07, 6.45) is 0.432. The smallest absolute Gasteiger partial charge is 0.171 e. The molecule has 1 N–H and O–H groups in total. The molecule has 3 aromatic rings. The van der Waals surface area contributed by atoms with Crippen LogP contribution in [0.15, 0.2) is 30.3 Å². The van der Waals surface area contributed by atoms with E-state index in [-0.39, 0.29) is 5.75 Å². The highest BCUT2D eigenvalue weighted by Crippen LogP contribution is 2.47. The molecule has 1 aromatic heterocycles. The normalized spacial score (nSPS) is 19.1. The monoisotopic (exact) mass is 512 g/mol. The van der Waals surface area contributed by atoms with E-state index in [1.807, 2.05) is 39.0 Å². The fraction of sp³-hybridized carbons (Fsp3) is 0.423. The van der Waals surface area contributed by atoms with Crippen molar-refractivity contribution in [1.82, 2.24) is 4.72 Å². The van der Waals surface area contributed by atoms with Crippen molar-refractivity contribution < 1.29 is 13.0 Å². The number of thiophene rings is 1. The van der Waals surface area contributed by atoms with Crippen LogP contribution in [0.3, 0.4) is 0 Å². The molecule has 0 saturated heterocycles. The summed E-state index contributed by atoms with van der Waals surface area (Å²) in [7, 11) is -3.83. The van der Waals surface area contributed by atoms with E-state index in [9.17, 15) is 18.2 Å². The van der Waals surface area contributed by atoms with Crippen molar-refractivity contribution >= 4 is 52.7 Å². The number of fused-ring (bicyclic) bond motifs is 4. The Morgan fingerprint density at radius 1 is 1.15 bits per heavy atom. The SMILES string of the molecule is CC#Cc1ccc2sc3cc4c(cc3c2c1)[C@](CS(=O)(=O)C(C)(C)C#N)(N[S+]([O-])C(C)(C)C)C4. The molecule has 5 nitrogen and oxygen atoms in total. The standard InChI is InChI=1S/C26H28N2O3S3/c1-7-8-17-9-10-22-19(11-17)20-13-21-18(12-23(20)32-22)14-26(21,28-33(29)24(2,3)4)16-34(30,31)25(5,6)15-27/h9-13,28H,14,16H2,1-6H3/t26-,33?/m0/s1. The third-order valence-corrected chi connectivity index (χ3v) is 11.6. The molecule has 1 aliphatic rings. The lowest BCUT2D eigenvalue weighted by molar-refractivity contribution is 0.370. The first-order chi connectivity index (χ1) is 15.7. The third-order valence-electron chi connectivity index (χ3n) is 6.30. The molecular formula is C26H28N2O3S3. The van der Waals surface area contributed by atoms with Crippen LogP contribution < -0.4 is 4.72 Å². The van der Waals surface area contributed by atoms with Gasteiger partial charge in [0.2, 0.25) is 0 Å². The van der Waals surface area contributed by atoms with Gasteiger partial charge in [0.1, 0.15) is 10.3 Å². The van der Waals surface area contributed by atoms with Gasteiger partial charge in [-0.1, -0.05) is 5.92 Å². The van der Waals surface area contributed by atoms with Crippen molar-refractivity contribution in [3.8, 4) is 17.9 Å². The number of hydrogen-bond acceptors (Lipinski definition) is 6. The van der Waals surface area contributed by atoms with E-state index in [4.69, 9.17) is 0 Å². The Labute approximate surface area is 208 Å². The summed E-state index contributed by atoms with van der Waals surface area (Å²) in [5.74, 6) is 5.73. The topological polar surface area (TPSA) is 93.0 Å². The van der Waals surface area contributed by atoms with Crippen molar-refractivity contribution in [2.75, 3.05) is 5.75 Å². The van der Waals surface area contributed by atoms with Crippen molar-refractivity contribution in [2.45, 2.75) is 63.0 Å². The lowest BCUT2D eigenvalue weighted by atomic mass is 9.72. The van der Waals surface area contributed by atoms with E-state index < -0.39 is 36.2 Å². The number of benzene rings is 2. The molecule has 178 valence electrons. The first kappa shape index (κ1) is 25.0. The van der Waals surface area contributed by atoms with Crippen LogP contribution in [-0.2, 0) is 33.2 Å². The minimum Gasteiger partial charge on any atom is -0.598 e. The molecule has 2 atom stereocenters. The molecule has 0 aliphatic heterocycles. The summed E-state index contributed by atoms with van der Waals surface area (Å²) in [6.45, 7) is 10.2. The van der Waals surface area contributed by atoms with Crippen LogP contribution in [0.1, 0.15) is 58.2 Å². The van der Waals surface area contributed by atoms with Crippen molar-refractivity contribution in [3.63, 3.8) is 0 Å². The second-order valence-electron chi connectivity index (χ2n) is 10.3. The molecule has 34 heavy (non-hydrogen) atoms. The Balaban J connectivity index is 1.89. The van der Waals surface area contributed by atoms with Crippen LogP contribution in [0.5, 0.6) is 0 Å². The molecule has 8 heteroatoms. The fourth-order valence-corrected chi connectivity index (χ4v) is 7.76. The second kappa shape index (κ2) is 8.26. The maximum absolute atomic E-state index is 13.3. The van der Waals surface area contributed by atoms with Gasteiger partial charge in [0.25, 0.3) is 0 Å². The van der Waals surface area contributed by atoms with E-state index in [0.717, 1.165) is 36.9 Å². The van der Waals surface area contributed by atoms with Crippen molar-refractivity contribution in [3.05, 3.63) is 47.0 Å². The number of nitrogens with one attached hydrogen (secondary N) is 1. The number of nitrogens with zero attached hydrogens (tertiary/aromatic N) is 1. The van der Waals surface area contributed by atoms with E-state index in [1.54, 1.807) is 18.3 Å². The van der Waals surface area contributed by atoms with Crippen LogP contribution in [0.2, 0.25) is 0 Å². The van der Waals surface area contributed by atoms with Gasteiger partial charge in [-0.3, -0.25) is 0 Å². The van der Waals surface area contributed by atoms with E-state index in [0.29, 0.717) is 6.42 Å². The number of sulfone groups is 1. The maximum atomic E-state index is 13.3. The Kier molecular flexibility index (Phi) is 6.08. The zero-order chi connectivity index (χ0) is 25.1. The molecule has 2 aromatic carbocycles. The predicted octanol–water partition coefficient (Wildman–Crippen LogP) is 4.95. The van der Waals surface area contributed by atoms with Gasteiger partial charge in [0.15, 0.2) is 14.6 Å². The van der Waals surface area contributed by atoms with Crippen LogP contribution in [-0.4, -0.2) is 28.2 Å². The van der Waals surface area contributed by atoms with Crippen molar-refractivity contribution in [2.24, 2.45) is 0 Å². The number of hydrogen-bond donors (Lipinski definition) is 1. The summed E-state index contributed by atoms with van der Waals surface area (Å²) in [4.78, 5) is 0. The zero-order valence-electron chi connectivity index (χ0n) is 20.2. The molecule has 1 aliphatic carbocycles. The summed E-state index contributed by atoms with van der Waals surface area (Å²) >= 11 is 0.198. The molecule has 1 heterocycles. The number of nitriles is 1. The highest BCUT2D eigenvalue weighted by molar-refractivity contribution is 7.93. The van der Waals surface area contributed by atoms with Gasteiger partial charge in [-0.2, -0.15) is 5.26 Å². The first-order valence-corrected chi connectivity index (χ1v) is 14.6. The minimum absolute atomic E-state index is 0.296. The van der Waals surface area contributed by atoms with Gasteiger partial charge in [-0.25, -0.2) is 8.42 Å². The Hall–Kier alpha value is -2.07. The Morgan fingerprint density at radius 3 is 2.44 bits per heavy atom. The van der Waals surface area contributed by atoms with Gasteiger partial charge >= 0.3 is 0 Å². The van der Waals surface area contributed by atoms with Gasteiger partial charge in [-0.15, -0.1) is 22.0 Å². The maximum Gasteiger partial charge on any atom is 0.171 e. The van der Waals surface area contributed by atoms with Gasteiger partial charge in [0, 0.05) is 43.5 Å². The molecule has 0 spiro atoms. The average molecular weight is 513 g/mol. The molecule has 0 radical (unpaired) electrons. The summed E-state index contributed by atoms with van der Waals surface area (Å²) in [6, 6.07) is 12.2. The molecule has 0 bridgehead atoms. The van der Waals surface area contributed by atoms with Crippen LogP contribution >= 0.6 is 11.3 Å². The molecule has 0 fully saturated rings. The molecule has 4 rings (SSSR count).